The Hall–Kier alpha value is -2.08. The second-order valence-electron chi connectivity index (χ2n) is 5.10. The molecule has 5 nitrogen and oxygen atoms in total. The number of hydrogen-bond acceptors (Lipinski definition) is 6. The van der Waals surface area contributed by atoms with E-state index in [1.165, 1.54) is 17.8 Å². The zero-order valence-electron chi connectivity index (χ0n) is 13.8. The number of unbranched alkanes of at least 4 members (excludes halogenated alkanes) is 2. The number of para-hydroxylation sites is 1. The van der Waals surface area contributed by atoms with Gasteiger partial charge in [0.15, 0.2) is 11.5 Å². The van der Waals surface area contributed by atoms with Crippen molar-refractivity contribution in [2.75, 3.05) is 19.1 Å². The van der Waals surface area contributed by atoms with E-state index in [9.17, 15) is 0 Å². The quantitative estimate of drug-likeness (QED) is 0.418. The second-order valence-corrected chi connectivity index (χ2v) is 5.96. The average Bonchev–Trinajstić information content (AvgIpc) is 2.97. The van der Waals surface area contributed by atoms with Gasteiger partial charge in [-0.15, -0.1) is 11.3 Å². The lowest BCUT2D eigenvalue weighted by molar-refractivity contribution is 0.285. The number of ether oxygens (including phenoxy) is 2. The minimum absolute atomic E-state index is 0.675. The van der Waals surface area contributed by atoms with Crippen molar-refractivity contribution in [2.24, 2.45) is 5.10 Å². The molecule has 124 valence electrons. The van der Waals surface area contributed by atoms with Gasteiger partial charge in [0.05, 0.1) is 25.6 Å². The molecule has 0 bridgehead atoms. The van der Waals surface area contributed by atoms with Crippen LogP contribution in [-0.2, 0) is 0 Å². The highest BCUT2D eigenvalue weighted by molar-refractivity contribution is 7.13. The number of nitrogens with one attached hydrogen (secondary N) is 1. The molecule has 0 fully saturated rings. The lowest BCUT2D eigenvalue weighted by atomic mass is 10.2. The van der Waals surface area contributed by atoms with Gasteiger partial charge in [-0.3, -0.25) is 5.43 Å². The molecule has 0 radical (unpaired) electrons. The van der Waals surface area contributed by atoms with Gasteiger partial charge < -0.3 is 9.47 Å². The maximum absolute atomic E-state index is 5.91. The Labute approximate surface area is 141 Å². The predicted molar refractivity (Wildman–Crippen MR) is 96.1 cm³/mol. The van der Waals surface area contributed by atoms with Crippen molar-refractivity contribution in [3.05, 3.63) is 34.8 Å². The first kappa shape index (κ1) is 17.3. The van der Waals surface area contributed by atoms with Crippen molar-refractivity contribution >= 4 is 22.7 Å². The van der Waals surface area contributed by atoms with Crippen LogP contribution >= 0.6 is 11.3 Å². The lowest BCUT2D eigenvalue weighted by Crippen LogP contribution is -2.02. The molecular formula is C17H23N3O2S. The zero-order chi connectivity index (χ0) is 16.5. The Kier molecular flexibility index (Phi) is 6.87. The Bertz CT molecular complexity index is 641. The van der Waals surface area contributed by atoms with E-state index in [0.717, 1.165) is 40.7 Å². The predicted octanol–water partition coefficient (Wildman–Crippen LogP) is 4.48. The fraction of sp³-hybridized carbons (Fsp3) is 0.412. The van der Waals surface area contributed by atoms with Gasteiger partial charge in [-0.2, -0.15) is 5.10 Å². The molecular weight excluding hydrogens is 310 g/mol. The highest BCUT2D eigenvalue weighted by Gasteiger charge is 2.09. The summed E-state index contributed by atoms with van der Waals surface area (Å²) in [4.78, 5) is 4.31. The zero-order valence-corrected chi connectivity index (χ0v) is 14.7. The highest BCUT2D eigenvalue weighted by Crippen LogP contribution is 2.30. The number of rotatable bonds is 9. The van der Waals surface area contributed by atoms with Gasteiger partial charge in [-0.05, 0) is 25.5 Å². The number of aromatic nitrogens is 1. The van der Waals surface area contributed by atoms with Crippen LogP contribution in [0.25, 0.3) is 0 Å². The molecule has 0 saturated carbocycles. The number of anilines is 1. The van der Waals surface area contributed by atoms with E-state index in [1.807, 2.05) is 30.5 Å². The molecule has 0 aliphatic heterocycles. The average molecular weight is 333 g/mol. The summed E-state index contributed by atoms with van der Waals surface area (Å²) >= 11 is 1.52. The number of hydrogen-bond donors (Lipinski definition) is 1. The fourth-order valence-corrected chi connectivity index (χ4v) is 2.68. The first-order valence-electron chi connectivity index (χ1n) is 7.75. The first-order valence-corrected chi connectivity index (χ1v) is 8.63. The summed E-state index contributed by atoms with van der Waals surface area (Å²) in [6, 6.07) is 5.77. The standard InChI is InChI=1S/C17H23N3O2S/c1-4-5-6-10-22-16-14(8-7-9-15(16)21-3)11-18-20-17-19-13(2)12-23-17/h7-9,11-12H,4-6,10H2,1-3H3,(H,19,20). The summed E-state index contributed by atoms with van der Waals surface area (Å²) in [6.45, 7) is 4.80. The molecule has 0 aliphatic rings. The summed E-state index contributed by atoms with van der Waals surface area (Å²) in [6.07, 6.45) is 5.08. The van der Waals surface area contributed by atoms with Crippen LogP contribution in [0.2, 0.25) is 0 Å². The van der Waals surface area contributed by atoms with E-state index in [1.54, 1.807) is 13.3 Å². The van der Waals surface area contributed by atoms with Gasteiger partial charge in [-0.1, -0.05) is 25.8 Å². The van der Waals surface area contributed by atoms with E-state index >= 15 is 0 Å². The number of aryl methyl sites for hydroxylation is 1. The molecule has 1 N–H and O–H groups in total. The van der Waals surface area contributed by atoms with Crippen LogP contribution in [0.1, 0.15) is 37.4 Å². The Morgan fingerprint density at radius 3 is 2.91 bits per heavy atom. The van der Waals surface area contributed by atoms with E-state index in [2.05, 4.69) is 22.4 Å². The summed E-state index contributed by atoms with van der Waals surface area (Å²) in [5, 5.41) is 6.99. The van der Waals surface area contributed by atoms with E-state index in [-0.39, 0.29) is 0 Å². The first-order chi connectivity index (χ1) is 11.2. The number of thiazole rings is 1. The molecule has 0 aliphatic carbocycles. The maximum Gasteiger partial charge on any atom is 0.203 e. The molecule has 2 rings (SSSR count). The molecule has 2 aromatic rings. The van der Waals surface area contributed by atoms with Crippen molar-refractivity contribution < 1.29 is 9.47 Å². The number of methoxy groups -OCH3 is 1. The fourth-order valence-electron chi connectivity index (χ4n) is 2.04. The molecule has 6 heteroatoms. The maximum atomic E-state index is 5.91. The normalized spacial score (nSPS) is 10.9. The second kappa shape index (κ2) is 9.15. The lowest BCUT2D eigenvalue weighted by Gasteiger charge is -2.12. The highest BCUT2D eigenvalue weighted by atomic mass is 32.1. The van der Waals surface area contributed by atoms with Crippen molar-refractivity contribution in [1.82, 2.24) is 4.98 Å². The topological polar surface area (TPSA) is 55.7 Å². The Morgan fingerprint density at radius 2 is 2.22 bits per heavy atom. The third-order valence-electron chi connectivity index (χ3n) is 3.21. The van der Waals surface area contributed by atoms with Crippen molar-refractivity contribution in [3.8, 4) is 11.5 Å². The Morgan fingerprint density at radius 1 is 1.35 bits per heavy atom. The molecule has 0 atom stereocenters. The van der Waals surface area contributed by atoms with Gasteiger partial charge in [0.2, 0.25) is 5.13 Å². The van der Waals surface area contributed by atoms with Gasteiger partial charge >= 0.3 is 0 Å². The van der Waals surface area contributed by atoms with Crippen LogP contribution in [-0.4, -0.2) is 24.9 Å². The number of nitrogens with zero attached hydrogens (tertiary/aromatic N) is 2. The van der Waals surface area contributed by atoms with Crippen LogP contribution in [0.15, 0.2) is 28.7 Å². The van der Waals surface area contributed by atoms with Crippen molar-refractivity contribution in [1.29, 1.82) is 0 Å². The molecule has 1 aromatic heterocycles. The van der Waals surface area contributed by atoms with Crippen molar-refractivity contribution in [2.45, 2.75) is 33.1 Å². The molecule has 0 unspecified atom stereocenters. The smallest absolute Gasteiger partial charge is 0.203 e. The third-order valence-corrected chi connectivity index (χ3v) is 4.07. The molecule has 0 amide bonds. The number of benzene rings is 1. The monoisotopic (exact) mass is 333 g/mol. The van der Waals surface area contributed by atoms with E-state index in [0.29, 0.717) is 6.61 Å². The molecule has 1 heterocycles. The molecule has 0 saturated heterocycles. The molecule has 0 spiro atoms. The number of hydrazone groups is 1. The minimum atomic E-state index is 0.675. The summed E-state index contributed by atoms with van der Waals surface area (Å²) in [7, 11) is 1.64. The van der Waals surface area contributed by atoms with Crippen LogP contribution in [0.3, 0.4) is 0 Å². The summed E-state index contributed by atoms with van der Waals surface area (Å²) < 4.78 is 11.3. The van der Waals surface area contributed by atoms with Gasteiger partial charge in [0.25, 0.3) is 0 Å². The van der Waals surface area contributed by atoms with Crippen LogP contribution in [0, 0.1) is 6.92 Å². The summed E-state index contributed by atoms with van der Waals surface area (Å²) in [5.41, 5.74) is 4.79. The van der Waals surface area contributed by atoms with E-state index in [4.69, 9.17) is 9.47 Å². The molecule has 23 heavy (non-hydrogen) atoms. The minimum Gasteiger partial charge on any atom is -0.493 e. The van der Waals surface area contributed by atoms with Crippen LogP contribution in [0.4, 0.5) is 5.13 Å². The SMILES string of the molecule is CCCCCOc1c(C=NNc2nc(C)cs2)cccc1OC. The third kappa shape index (κ3) is 5.25. The van der Waals surface area contributed by atoms with Crippen molar-refractivity contribution in [3.63, 3.8) is 0 Å². The Balaban J connectivity index is 2.06. The van der Waals surface area contributed by atoms with E-state index < -0.39 is 0 Å². The largest absolute Gasteiger partial charge is 0.493 e. The summed E-state index contributed by atoms with van der Waals surface area (Å²) in [5.74, 6) is 1.45. The van der Waals surface area contributed by atoms with Gasteiger partial charge in [0, 0.05) is 10.9 Å². The van der Waals surface area contributed by atoms with Gasteiger partial charge in [-0.25, -0.2) is 4.98 Å². The van der Waals surface area contributed by atoms with Crippen LogP contribution < -0.4 is 14.9 Å². The molecule has 1 aromatic carbocycles. The van der Waals surface area contributed by atoms with Crippen LogP contribution in [0.5, 0.6) is 11.5 Å². The van der Waals surface area contributed by atoms with Gasteiger partial charge in [0.1, 0.15) is 0 Å².